The molecule has 46 heavy (non-hydrogen) atoms. The topological polar surface area (TPSA) is 84.0 Å². The summed E-state index contributed by atoms with van der Waals surface area (Å²) in [6, 6.07) is 18.2. The van der Waals surface area contributed by atoms with Gasteiger partial charge in [-0.15, -0.1) is 0 Å². The number of methoxy groups -OCH3 is 1. The van der Waals surface area contributed by atoms with Gasteiger partial charge in [-0.3, -0.25) is 9.36 Å². The van der Waals surface area contributed by atoms with E-state index >= 15 is 0 Å². The molecule has 0 saturated carbocycles. The van der Waals surface area contributed by atoms with Gasteiger partial charge in [0, 0.05) is 45.0 Å². The van der Waals surface area contributed by atoms with E-state index in [4.69, 9.17) is 37.4 Å². The van der Waals surface area contributed by atoms with Crippen molar-refractivity contribution < 1.29 is 19.0 Å². The first-order chi connectivity index (χ1) is 22.2. The first-order valence-corrected chi connectivity index (χ1v) is 16.3. The average molecular weight is 677 g/mol. The summed E-state index contributed by atoms with van der Waals surface area (Å²) < 4.78 is 20.9. The highest BCUT2D eigenvalue weighted by atomic mass is 35.5. The van der Waals surface area contributed by atoms with Crippen LogP contribution in [0.15, 0.2) is 82.2 Å². The molecule has 1 aliphatic rings. The van der Waals surface area contributed by atoms with Crippen LogP contribution in [-0.2, 0) is 16.1 Å². The van der Waals surface area contributed by atoms with Gasteiger partial charge >= 0.3 is 5.97 Å². The summed E-state index contributed by atoms with van der Waals surface area (Å²) in [5.41, 5.74) is 4.45. The number of aromatic nitrogens is 2. The molecule has 0 unspecified atom stereocenters. The van der Waals surface area contributed by atoms with Gasteiger partial charge < -0.3 is 18.8 Å². The Kier molecular flexibility index (Phi) is 9.08. The van der Waals surface area contributed by atoms with Gasteiger partial charge in [0.2, 0.25) is 0 Å². The third kappa shape index (κ3) is 5.75. The molecule has 0 aliphatic carbocycles. The summed E-state index contributed by atoms with van der Waals surface area (Å²) in [5, 5.41) is 2.16. The molecule has 1 aliphatic heterocycles. The summed E-state index contributed by atoms with van der Waals surface area (Å²) in [6.45, 7) is 7.22. The molecule has 0 saturated heterocycles. The molecule has 0 spiro atoms. The number of fused-ring (bicyclic) bond motifs is 2. The van der Waals surface area contributed by atoms with E-state index in [1.54, 1.807) is 22.8 Å². The lowest BCUT2D eigenvalue weighted by molar-refractivity contribution is -0.136. The average Bonchev–Trinajstić information content (AvgIpc) is 3.51. The van der Waals surface area contributed by atoms with Gasteiger partial charge in [-0.25, -0.2) is 9.79 Å². The highest BCUT2D eigenvalue weighted by molar-refractivity contribution is 7.07. The molecule has 8 nitrogen and oxygen atoms in total. The van der Waals surface area contributed by atoms with Crippen molar-refractivity contribution in [3.63, 3.8) is 0 Å². The first kappa shape index (κ1) is 31.7. The standard InChI is InChI=1S/C35H31Cl2N3O5S/c1-5-44-29-14-12-21(15-30(29)45-6-2)32-26(34(42)43-4)18-38-35-40(32)33(41)31(46-35)17-25-20(3)39(28-10-8-7-9-24(25)28)19-22-11-13-23(36)16-27(22)37/h7-18,32H,5-6,19H2,1-4H3/b31-17+/t32-/m0/s1. The molecule has 0 bridgehead atoms. The minimum Gasteiger partial charge on any atom is -0.490 e. The van der Waals surface area contributed by atoms with E-state index in [1.165, 1.54) is 24.6 Å². The van der Waals surface area contributed by atoms with Crippen LogP contribution in [0.4, 0.5) is 0 Å². The van der Waals surface area contributed by atoms with Crippen LogP contribution in [0.2, 0.25) is 10.0 Å². The first-order valence-electron chi connectivity index (χ1n) is 14.8. The molecule has 0 fully saturated rings. The summed E-state index contributed by atoms with van der Waals surface area (Å²) in [6.07, 6.45) is 3.39. The van der Waals surface area contributed by atoms with Crippen LogP contribution in [0.25, 0.3) is 17.0 Å². The summed E-state index contributed by atoms with van der Waals surface area (Å²) >= 11 is 14.0. The van der Waals surface area contributed by atoms with E-state index in [0.717, 1.165) is 27.7 Å². The number of rotatable bonds is 9. The second-order valence-corrected chi connectivity index (χ2v) is 12.4. The lowest BCUT2D eigenvalue weighted by Crippen LogP contribution is -2.39. The number of thiazole rings is 1. The van der Waals surface area contributed by atoms with Crippen LogP contribution in [-0.4, -0.2) is 35.4 Å². The van der Waals surface area contributed by atoms with Crippen LogP contribution in [0.3, 0.4) is 0 Å². The fraction of sp³-hybridized carbons (Fsp3) is 0.229. The summed E-state index contributed by atoms with van der Waals surface area (Å²) in [4.78, 5) is 32.3. The van der Waals surface area contributed by atoms with E-state index in [1.807, 2.05) is 63.2 Å². The molecule has 0 N–H and O–H groups in total. The monoisotopic (exact) mass is 675 g/mol. The van der Waals surface area contributed by atoms with Crippen LogP contribution < -0.4 is 24.4 Å². The fourth-order valence-corrected chi connectivity index (χ4v) is 7.20. The summed E-state index contributed by atoms with van der Waals surface area (Å²) in [7, 11) is 1.31. The highest BCUT2D eigenvalue weighted by Crippen LogP contribution is 2.35. The molecule has 3 aromatic carbocycles. The number of esters is 1. The maximum absolute atomic E-state index is 14.3. The summed E-state index contributed by atoms with van der Waals surface area (Å²) in [5.74, 6) is 0.528. The Labute approximate surface area is 279 Å². The molecular formula is C35H31Cl2N3O5S. The molecule has 3 heterocycles. The predicted molar refractivity (Wildman–Crippen MR) is 182 cm³/mol. The Morgan fingerprint density at radius 3 is 2.52 bits per heavy atom. The molecule has 0 radical (unpaired) electrons. The van der Waals surface area contributed by atoms with E-state index in [9.17, 15) is 9.59 Å². The van der Waals surface area contributed by atoms with Gasteiger partial charge in [-0.1, -0.05) is 64.9 Å². The van der Waals surface area contributed by atoms with Crippen LogP contribution in [0.5, 0.6) is 11.5 Å². The fourth-order valence-electron chi connectivity index (χ4n) is 5.78. The normalized spacial score (nSPS) is 14.5. The van der Waals surface area contributed by atoms with E-state index in [2.05, 4.69) is 15.6 Å². The third-order valence-corrected chi connectivity index (χ3v) is 9.49. The Bertz CT molecular complexity index is 2200. The largest absolute Gasteiger partial charge is 0.490 e. The Morgan fingerprint density at radius 2 is 1.78 bits per heavy atom. The van der Waals surface area contributed by atoms with Gasteiger partial charge in [-0.2, -0.15) is 0 Å². The maximum atomic E-state index is 14.3. The molecule has 1 atom stereocenters. The molecule has 2 aromatic heterocycles. The zero-order chi connectivity index (χ0) is 32.5. The van der Waals surface area contributed by atoms with Gasteiger partial charge in [-0.05, 0) is 68.3 Å². The van der Waals surface area contributed by atoms with Crippen molar-refractivity contribution in [2.75, 3.05) is 20.3 Å². The van der Waals surface area contributed by atoms with Crippen molar-refractivity contribution in [1.29, 1.82) is 0 Å². The number of para-hydroxylation sites is 1. The number of carbonyl (C=O) groups is 1. The number of hydrogen-bond acceptors (Lipinski definition) is 7. The van der Waals surface area contributed by atoms with Crippen molar-refractivity contribution in [2.45, 2.75) is 33.4 Å². The number of benzene rings is 3. The Hall–Kier alpha value is -4.31. The minimum absolute atomic E-state index is 0.237. The van der Waals surface area contributed by atoms with Gasteiger partial charge in [0.15, 0.2) is 16.3 Å². The van der Waals surface area contributed by atoms with Gasteiger partial charge in [0.25, 0.3) is 5.56 Å². The van der Waals surface area contributed by atoms with Crippen molar-refractivity contribution in [3.8, 4) is 11.5 Å². The molecule has 5 aromatic rings. The Morgan fingerprint density at radius 1 is 1.02 bits per heavy atom. The SMILES string of the molecule is CCOc1ccc([C@H]2C(C(=O)OC)=CN=c3s/c(=C/c4c(C)n(Cc5ccc(Cl)cc5Cl)c5ccccc45)c(=O)n32)cc1OCC. The van der Waals surface area contributed by atoms with Crippen molar-refractivity contribution in [1.82, 2.24) is 9.13 Å². The minimum atomic E-state index is -0.782. The zero-order valence-corrected chi connectivity index (χ0v) is 28.0. The number of hydrogen-bond donors (Lipinski definition) is 0. The highest BCUT2D eigenvalue weighted by Gasteiger charge is 2.31. The van der Waals surface area contributed by atoms with Crippen molar-refractivity contribution in [3.05, 3.63) is 125 Å². The van der Waals surface area contributed by atoms with E-state index < -0.39 is 12.0 Å². The van der Waals surface area contributed by atoms with Crippen molar-refractivity contribution in [2.24, 2.45) is 4.99 Å². The van der Waals surface area contributed by atoms with Crippen LogP contribution >= 0.6 is 34.5 Å². The molecule has 0 amide bonds. The van der Waals surface area contributed by atoms with E-state index in [0.29, 0.717) is 56.2 Å². The van der Waals surface area contributed by atoms with Crippen molar-refractivity contribution >= 4 is 57.5 Å². The molecule has 6 rings (SSSR count). The lowest BCUT2D eigenvalue weighted by Gasteiger charge is -2.23. The lowest BCUT2D eigenvalue weighted by atomic mass is 9.97. The second-order valence-electron chi connectivity index (χ2n) is 10.6. The number of ether oxygens (including phenoxy) is 3. The quantitative estimate of drug-likeness (QED) is 0.168. The van der Waals surface area contributed by atoms with Crippen LogP contribution in [0, 0.1) is 6.92 Å². The van der Waals surface area contributed by atoms with Gasteiger partial charge in [0.1, 0.15) is 0 Å². The maximum Gasteiger partial charge on any atom is 0.337 e. The predicted octanol–water partition coefficient (Wildman–Crippen LogP) is 6.43. The zero-order valence-electron chi connectivity index (χ0n) is 25.7. The van der Waals surface area contributed by atoms with E-state index in [-0.39, 0.29) is 11.1 Å². The number of halogens is 2. The molecule has 236 valence electrons. The third-order valence-electron chi connectivity index (χ3n) is 7.91. The van der Waals surface area contributed by atoms with Crippen LogP contribution in [0.1, 0.15) is 42.3 Å². The van der Waals surface area contributed by atoms with Gasteiger partial charge in [0.05, 0.1) is 36.5 Å². The smallest absolute Gasteiger partial charge is 0.337 e. The second kappa shape index (κ2) is 13.2. The number of nitrogens with zero attached hydrogens (tertiary/aromatic N) is 3. The molecular weight excluding hydrogens is 645 g/mol. The molecule has 11 heteroatoms. The Balaban J connectivity index is 1.52. The number of carbonyl (C=O) groups excluding carboxylic acids is 1.